The van der Waals surface area contributed by atoms with E-state index in [9.17, 15) is 0 Å². The first-order valence-corrected chi connectivity index (χ1v) is 8.29. The quantitative estimate of drug-likeness (QED) is 0.492. The van der Waals surface area contributed by atoms with Crippen molar-refractivity contribution >= 4 is 11.8 Å². The highest BCUT2D eigenvalue weighted by molar-refractivity contribution is 7.98. The summed E-state index contributed by atoms with van der Waals surface area (Å²) in [5.74, 6) is 2.33. The third kappa shape index (κ3) is 3.11. The number of benzene rings is 1. The van der Waals surface area contributed by atoms with E-state index in [2.05, 4.69) is 15.4 Å². The Kier molecular flexibility index (Phi) is 3.92. The maximum absolute atomic E-state index is 5.67. The largest absolute Gasteiger partial charge is 0.461 e. The van der Waals surface area contributed by atoms with Crippen LogP contribution >= 0.6 is 11.8 Å². The first-order valence-electron chi connectivity index (χ1n) is 7.31. The molecular weight excluding hydrogens is 326 g/mol. The zero-order valence-corrected chi connectivity index (χ0v) is 13.6. The molecule has 0 aliphatic heterocycles. The van der Waals surface area contributed by atoms with Crippen LogP contribution in [0.1, 0.15) is 11.3 Å². The Hall–Kier alpha value is -2.80. The predicted octanol–water partition coefficient (Wildman–Crippen LogP) is 4.59. The van der Waals surface area contributed by atoms with Gasteiger partial charge in [0.1, 0.15) is 0 Å². The third-order valence-corrected chi connectivity index (χ3v) is 4.22. The number of hydrogen-bond acceptors (Lipinski definition) is 7. The molecule has 120 valence electrons. The van der Waals surface area contributed by atoms with Crippen LogP contribution in [0.25, 0.3) is 23.0 Å². The normalized spacial score (nSPS) is 11.0. The zero-order valence-electron chi connectivity index (χ0n) is 12.8. The third-order valence-electron chi connectivity index (χ3n) is 3.37. The minimum Gasteiger partial charge on any atom is -0.461 e. The molecule has 0 amide bonds. The van der Waals surface area contributed by atoms with Gasteiger partial charge < -0.3 is 13.4 Å². The summed E-state index contributed by atoms with van der Waals surface area (Å²) in [7, 11) is 0. The summed E-state index contributed by atoms with van der Waals surface area (Å²) in [5.41, 5.74) is 2.87. The molecule has 1 aromatic carbocycles. The smallest absolute Gasteiger partial charge is 0.277 e. The van der Waals surface area contributed by atoms with E-state index in [-0.39, 0.29) is 0 Å². The van der Waals surface area contributed by atoms with Crippen molar-refractivity contribution in [2.45, 2.75) is 17.9 Å². The number of furan rings is 1. The first-order chi connectivity index (χ1) is 11.8. The van der Waals surface area contributed by atoms with Crippen LogP contribution in [0.2, 0.25) is 0 Å². The topological polar surface area (TPSA) is 78.1 Å². The van der Waals surface area contributed by atoms with Gasteiger partial charge in [0.05, 0.1) is 12.0 Å². The lowest BCUT2D eigenvalue weighted by Gasteiger charge is -1.95. The Labute approximate surface area is 141 Å². The summed E-state index contributed by atoms with van der Waals surface area (Å²) in [6.07, 6.45) is 1.59. The minimum atomic E-state index is 0.494. The molecule has 0 fully saturated rings. The van der Waals surface area contributed by atoms with Crippen molar-refractivity contribution in [2.75, 3.05) is 0 Å². The molecule has 0 radical (unpaired) electrons. The fraction of sp³-hybridized carbons (Fsp3) is 0.118. The van der Waals surface area contributed by atoms with E-state index in [1.165, 1.54) is 17.3 Å². The maximum Gasteiger partial charge on any atom is 0.277 e. The van der Waals surface area contributed by atoms with E-state index in [0.717, 1.165) is 11.3 Å². The second-order valence-electron chi connectivity index (χ2n) is 5.19. The van der Waals surface area contributed by atoms with Gasteiger partial charge in [0, 0.05) is 17.4 Å². The molecule has 3 heterocycles. The average Bonchev–Trinajstić information content (AvgIpc) is 3.34. The molecule has 4 rings (SSSR count). The molecule has 24 heavy (non-hydrogen) atoms. The van der Waals surface area contributed by atoms with E-state index in [1.54, 1.807) is 12.3 Å². The lowest BCUT2D eigenvalue weighted by molar-refractivity contribution is 0.413. The van der Waals surface area contributed by atoms with Crippen LogP contribution in [0.4, 0.5) is 0 Å². The molecule has 0 aliphatic carbocycles. The lowest BCUT2D eigenvalue weighted by Crippen LogP contribution is -1.79. The second-order valence-corrected chi connectivity index (χ2v) is 6.11. The first kappa shape index (κ1) is 14.8. The fourth-order valence-corrected chi connectivity index (χ4v) is 2.78. The molecule has 0 saturated heterocycles. The van der Waals surface area contributed by atoms with Gasteiger partial charge in [-0.3, -0.25) is 0 Å². The molecule has 0 saturated carbocycles. The van der Waals surface area contributed by atoms with E-state index in [4.69, 9.17) is 13.4 Å². The summed E-state index contributed by atoms with van der Waals surface area (Å²) in [6, 6.07) is 13.4. The summed E-state index contributed by atoms with van der Waals surface area (Å²) in [4.78, 5) is 0. The fourth-order valence-electron chi connectivity index (χ4n) is 2.13. The zero-order chi connectivity index (χ0) is 16.4. The van der Waals surface area contributed by atoms with Crippen LogP contribution in [0.5, 0.6) is 0 Å². The van der Waals surface area contributed by atoms with Gasteiger partial charge in [0.25, 0.3) is 5.22 Å². The number of nitrogens with zero attached hydrogens (tertiary/aromatic N) is 3. The van der Waals surface area contributed by atoms with Crippen molar-refractivity contribution in [3.63, 3.8) is 0 Å². The number of thioether (sulfide) groups is 1. The van der Waals surface area contributed by atoms with Crippen LogP contribution < -0.4 is 0 Å². The van der Waals surface area contributed by atoms with Crippen molar-refractivity contribution in [3.8, 4) is 23.0 Å². The summed E-state index contributed by atoms with van der Waals surface area (Å²) in [6.45, 7) is 2.04. The summed E-state index contributed by atoms with van der Waals surface area (Å²) >= 11 is 1.41. The molecule has 0 atom stereocenters. The van der Waals surface area contributed by atoms with Gasteiger partial charge in [-0.2, -0.15) is 0 Å². The SMILES string of the molecule is Cc1ccc(-c2nnc(SCc3cc(-c4ccco4)on3)o2)cc1. The number of rotatable bonds is 5. The highest BCUT2D eigenvalue weighted by atomic mass is 32.2. The number of aromatic nitrogens is 3. The lowest BCUT2D eigenvalue weighted by atomic mass is 10.1. The molecule has 0 aliphatic rings. The van der Waals surface area contributed by atoms with Gasteiger partial charge in [0.2, 0.25) is 11.7 Å². The van der Waals surface area contributed by atoms with Gasteiger partial charge in [0.15, 0.2) is 5.76 Å². The monoisotopic (exact) mass is 339 g/mol. The molecule has 0 N–H and O–H groups in total. The highest BCUT2D eigenvalue weighted by Gasteiger charge is 2.12. The van der Waals surface area contributed by atoms with Crippen LogP contribution in [-0.2, 0) is 5.75 Å². The Morgan fingerprint density at radius 1 is 1.04 bits per heavy atom. The van der Waals surface area contributed by atoms with E-state index in [1.807, 2.05) is 43.3 Å². The van der Waals surface area contributed by atoms with Crippen molar-refractivity contribution < 1.29 is 13.4 Å². The van der Waals surface area contributed by atoms with Gasteiger partial charge in [-0.1, -0.05) is 34.6 Å². The summed E-state index contributed by atoms with van der Waals surface area (Å²) in [5, 5.41) is 12.6. The van der Waals surface area contributed by atoms with E-state index < -0.39 is 0 Å². The number of hydrogen-bond donors (Lipinski definition) is 0. The van der Waals surface area contributed by atoms with Crippen LogP contribution in [0.15, 0.2) is 67.3 Å². The Balaban J connectivity index is 1.42. The summed E-state index contributed by atoms with van der Waals surface area (Å²) < 4.78 is 16.2. The molecular formula is C17H13N3O3S. The standard InChI is InChI=1S/C17H13N3O3S/c1-11-4-6-12(7-5-11)16-18-19-17(22-16)24-10-13-9-15(23-20-13)14-3-2-8-21-14/h2-9H,10H2,1H3. The van der Waals surface area contributed by atoms with Gasteiger partial charge in [-0.15, -0.1) is 10.2 Å². The predicted molar refractivity (Wildman–Crippen MR) is 88.2 cm³/mol. The average molecular weight is 339 g/mol. The molecule has 7 heteroatoms. The molecule has 0 spiro atoms. The van der Waals surface area contributed by atoms with Crippen molar-refractivity contribution in [2.24, 2.45) is 0 Å². The van der Waals surface area contributed by atoms with Crippen LogP contribution in [-0.4, -0.2) is 15.4 Å². The van der Waals surface area contributed by atoms with Crippen molar-refractivity contribution in [1.29, 1.82) is 0 Å². The molecule has 6 nitrogen and oxygen atoms in total. The number of aryl methyl sites for hydroxylation is 1. The minimum absolute atomic E-state index is 0.494. The highest BCUT2D eigenvalue weighted by Crippen LogP contribution is 2.27. The van der Waals surface area contributed by atoms with Gasteiger partial charge in [-0.05, 0) is 31.2 Å². The van der Waals surface area contributed by atoms with Gasteiger partial charge >= 0.3 is 0 Å². The van der Waals surface area contributed by atoms with Crippen molar-refractivity contribution in [1.82, 2.24) is 15.4 Å². The molecule has 0 unspecified atom stereocenters. The van der Waals surface area contributed by atoms with E-state index >= 15 is 0 Å². The Morgan fingerprint density at radius 3 is 2.71 bits per heavy atom. The van der Waals surface area contributed by atoms with Crippen molar-refractivity contribution in [3.05, 3.63) is 60.0 Å². The van der Waals surface area contributed by atoms with Crippen LogP contribution in [0.3, 0.4) is 0 Å². The molecule has 3 aromatic heterocycles. The Bertz CT molecular complexity index is 926. The van der Waals surface area contributed by atoms with Crippen LogP contribution in [0, 0.1) is 6.92 Å². The molecule has 4 aromatic rings. The maximum atomic E-state index is 5.67. The van der Waals surface area contributed by atoms with Gasteiger partial charge in [-0.25, -0.2) is 0 Å². The molecule has 0 bridgehead atoms. The van der Waals surface area contributed by atoms with E-state index in [0.29, 0.717) is 28.4 Å². The Morgan fingerprint density at radius 2 is 1.92 bits per heavy atom. The second kappa shape index (κ2) is 6.37.